The van der Waals surface area contributed by atoms with Gasteiger partial charge in [0.05, 0.1) is 6.61 Å². The normalized spacial score (nSPS) is 13.6. The molecular weight excluding hydrogens is 202 g/mol. The molecule has 16 heavy (non-hydrogen) atoms. The highest BCUT2D eigenvalue weighted by atomic mass is 16.5. The maximum Gasteiger partial charge on any atom is 0.153 e. The molecule has 0 aliphatic carbocycles. The minimum atomic E-state index is 0.571. The Labute approximate surface area is 93.6 Å². The molecule has 1 aliphatic heterocycles. The fourth-order valence-electron chi connectivity index (χ4n) is 2.08. The van der Waals surface area contributed by atoms with Gasteiger partial charge in [0.15, 0.2) is 5.82 Å². The maximum atomic E-state index is 5.86. The summed E-state index contributed by atoms with van der Waals surface area (Å²) in [6.45, 7) is 0.779. The standard InChI is InChI=1S/C12H13N3O/c1-15-7-10(12(13)14-15)8-2-3-11-9(6-8)4-5-16-11/h2-3,6-7H,4-5H2,1H3,(H2,13,14). The SMILES string of the molecule is Cn1cc(-c2ccc3c(c2)CCO3)c(N)n1. The number of nitrogens with two attached hydrogens (primary N) is 1. The van der Waals surface area contributed by atoms with E-state index in [0.717, 1.165) is 29.9 Å². The molecule has 0 saturated carbocycles. The number of rotatable bonds is 1. The Hall–Kier alpha value is -1.97. The Morgan fingerprint density at radius 3 is 3.06 bits per heavy atom. The van der Waals surface area contributed by atoms with Crippen LogP contribution in [-0.2, 0) is 13.5 Å². The van der Waals surface area contributed by atoms with Gasteiger partial charge in [0.1, 0.15) is 5.75 Å². The molecule has 0 bridgehead atoms. The number of aryl methyl sites for hydroxylation is 1. The number of hydrogen-bond acceptors (Lipinski definition) is 3. The van der Waals surface area contributed by atoms with E-state index in [2.05, 4.69) is 11.2 Å². The largest absolute Gasteiger partial charge is 0.493 e. The van der Waals surface area contributed by atoms with Gasteiger partial charge in [-0.3, -0.25) is 4.68 Å². The van der Waals surface area contributed by atoms with Crippen LogP contribution in [0.2, 0.25) is 0 Å². The van der Waals surface area contributed by atoms with Crippen molar-refractivity contribution in [3.05, 3.63) is 30.0 Å². The molecule has 0 saturated heterocycles. The van der Waals surface area contributed by atoms with Gasteiger partial charge in [0.25, 0.3) is 0 Å². The number of nitrogens with zero attached hydrogens (tertiary/aromatic N) is 2. The third-order valence-electron chi connectivity index (χ3n) is 2.86. The molecule has 0 spiro atoms. The van der Waals surface area contributed by atoms with Crippen molar-refractivity contribution in [3.8, 4) is 16.9 Å². The molecule has 82 valence electrons. The topological polar surface area (TPSA) is 53.1 Å². The number of anilines is 1. The first kappa shape index (κ1) is 9.27. The minimum Gasteiger partial charge on any atom is -0.493 e. The van der Waals surface area contributed by atoms with Crippen LogP contribution in [0.3, 0.4) is 0 Å². The van der Waals surface area contributed by atoms with Crippen molar-refractivity contribution in [1.29, 1.82) is 0 Å². The van der Waals surface area contributed by atoms with Crippen LogP contribution in [0.25, 0.3) is 11.1 Å². The van der Waals surface area contributed by atoms with E-state index in [-0.39, 0.29) is 0 Å². The Morgan fingerprint density at radius 1 is 1.44 bits per heavy atom. The molecule has 0 fully saturated rings. The van der Waals surface area contributed by atoms with Crippen molar-refractivity contribution in [2.45, 2.75) is 6.42 Å². The van der Waals surface area contributed by atoms with Gasteiger partial charge in [-0.25, -0.2) is 0 Å². The lowest BCUT2D eigenvalue weighted by Crippen LogP contribution is -1.90. The van der Waals surface area contributed by atoms with Crippen molar-refractivity contribution in [3.63, 3.8) is 0 Å². The van der Waals surface area contributed by atoms with E-state index >= 15 is 0 Å². The summed E-state index contributed by atoms with van der Waals surface area (Å²) in [4.78, 5) is 0. The molecule has 1 aromatic heterocycles. The van der Waals surface area contributed by atoms with Gasteiger partial charge < -0.3 is 10.5 Å². The zero-order chi connectivity index (χ0) is 11.1. The molecule has 0 amide bonds. The number of nitrogen functional groups attached to an aromatic ring is 1. The molecule has 0 atom stereocenters. The number of aromatic nitrogens is 2. The third-order valence-corrected chi connectivity index (χ3v) is 2.86. The van der Waals surface area contributed by atoms with E-state index in [0.29, 0.717) is 5.82 Å². The predicted molar refractivity (Wildman–Crippen MR) is 62.3 cm³/mol. The Bertz CT molecular complexity index is 545. The Balaban J connectivity index is 2.10. The minimum absolute atomic E-state index is 0.571. The second-order valence-corrected chi connectivity index (χ2v) is 4.02. The van der Waals surface area contributed by atoms with Gasteiger partial charge in [-0.05, 0) is 23.3 Å². The van der Waals surface area contributed by atoms with Crippen molar-refractivity contribution < 1.29 is 4.74 Å². The fraction of sp³-hybridized carbons (Fsp3) is 0.250. The number of ether oxygens (including phenoxy) is 1. The van der Waals surface area contributed by atoms with Gasteiger partial charge in [-0.15, -0.1) is 0 Å². The molecule has 2 N–H and O–H groups in total. The highest BCUT2D eigenvalue weighted by Gasteiger charge is 2.14. The summed E-state index contributed by atoms with van der Waals surface area (Å²) in [6.07, 6.45) is 2.91. The Morgan fingerprint density at radius 2 is 2.31 bits per heavy atom. The summed E-state index contributed by atoms with van der Waals surface area (Å²) >= 11 is 0. The van der Waals surface area contributed by atoms with Gasteiger partial charge in [0, 0.05) is 25.2 Å². The van der Waals surface area contributed by atoms with Crippen molar-refractivity contribution in [2.75, 3.05) is 12.3 Å². The smallest absolute Gasteiger partial charge is 0.153 e. The highest BCUT2D eigenvalue weighted by molar-refractivity contribution is 5.74. The molecule has 1 aromatic carbocycles. The van der Waals surface area contributed by atoms with Crippen molar-refractivity contribution in [1.82, 2.24) is 9.78 Å². The van der Waals surface area contributed by atoms with E-state index in [4.69, 9.17) is 10.5 Å². The molecule has 1 aliphatic rings. The first-order valence-corrected chi connectivity index (χ1v) is 5.29. The maximum absolute atomic E-state index is 5.86. The Kier molecular flexibility index (Phi) is 1.89. The highest BCUT2D eigenvalue weighted by Crippen LogP contribution is 2.32. The molecule has 4 nitrogen and oxygen atoms in total. The van der Waals surface area contributed by atoms with Crippen LogP contribution < -0.4 is 10.5 Å². The number of fused-ring (bicyclic) bond motifs is 1. The zero-order valence-electron chi connectivity index (χ0n) is 9.10. The molecule has 0 unspecified atom stereocenters. The quantitative estimate of drug-likeness (QED) is 0.786. The summed E-state index contributed by atoms with van der Waals surface area (Å²) < 4.78 is 7.20. The molecule has 2 aromatic rings. The second-order valence-electron chi connectivity index (χ2n) is 4.02. The molecule has 2 heterocycles. The average molecular weight is 215 g/mol. The van der Waals surface area contributed by atoms with Gasteiger partial charge >= 0.3 is 0 Å². The monoisotopic (exact) mass is 215 g/mol. The van der Waals surface area contributed by atoms with Gasteiger partial charge in [-0.2, -0.15) is 5.10 Å². The van der Waals surface area contributed by atoms with E-state index in [1.54, 1.807) is 4.68 Å². The summed E-state index contributed by atoms with van der Waals surface area (Å²) in [6, 6.07) is 6.16. The lowest BCUT2D eigenvalue weighted by atomic mass is 10.0. The first-order chi connectivity index (χ1) is 7.74. The number of benzene rings is 1. The first-order valence-electron chi connectivity index (χ1n) is 5.29. The predicted octanol–water partition coefficient (Wildman–Crippen LogP) is 1.60. The lowest BCUT2D eigenvalue weighted by molar-refractivity contribution is 0.357. The fourth-order valence-corrected chi connectivity index (χ4v) is 2.08. The van der Waals surface area contributed by atoms with Crippen molar-refractivity contribution >= 4 is 5.82 Å². The average Bonchev–Trinajstić information content (AvgIpc) is 2.83. The molecule has 4 heteroatoms. The van der Waals surface area contributed by atoms with Gasteiger partial charge in [-0.1, -0.05) is 6.07 Å². The zero-order valence-corrected chi connectivity index (χ0v) is 9.10. The van der Waals surface area contributed by atoms with Crippen LogP contribution in [0.15, 0.2) is 24.4 Å². The third kappa shape index (κ3) is 1.34. The lowest BCUT2D eigenvalue weighted by Gasteiger charge is -2.02. The van der Waals surface area contributed by atoms with Crippen LogP contribution >= 0.6 is 0 Å². The van der Waals surface area contributed by atoms with E-state index in [1.165, 1.54) is 5.56 Å². The molecular formula is C12H13N3O. The second kappa shape index (κ2) is 3.27. The van der Waals surface area contributed by atoms with Crippen molar-refractivity contribution in [2.24, 2.45) is 7.05 Å². The van der Waals surface area contributed by atoms with Crippen LogP contribution in [0.5, 0.6) is 5.75 Å². The van der Waals surface area contributed by atoms with Crippen LogP contribution in [-0.4, -0.2) is 16.4 Å². The van der Waals surface area contributed by atoms with Crippen LogP contribution in [0, 0.1) is 0 Å². The van der Waals surface area contributed by atoms with E-state index in [1.807, 2.05) is 25.4 Å². The van der Waals surface area contributed by atoms with E-state index < -0.39 is 0 Å². The van der Waals surface area contributed by atoms with Gasteiger partial charge in [0.2, 0.25) is 0 Å². The molecule has 0 radical (unpaired) electrons. The summed E-state index contributed by atoms with van der Waals surface area (Å²) in [5, 5.41) is 4.14. The van der Waals surface area contributed by atoms with E-state index in [9.17, 15) is 0 Å². The van der Waals surface area contributed by atoms with Crippen LogP contribution in [0.4, 0.5) is 5.82 Å². The summed E-state index contributed by atoms with van der Waals surface area (Å²) in [7, 11) is 1.87. The summed E-state index contributed by atoms with van der Waals surface area (Å²) in [5.74, 6) is 1.56. The number of hydrogen-bond donors (Lipinski definition) is 1. The molecule has 3 rings (SSSR count). The van der Waals surface area contributed by atoms with Crippen LogP contribution in [0.1, 0.15) is 5.56 Å². The summed E-state index contributed by atoms with van der Waals surface area (Å²) in [5.41, 5.74) is 9.20.